The molecule has 1 aromatic rings. The number of ketones is 2. The summed E-state index contributed by atoms with van der Waals surface area (Å²) in [5.41, 5.74) is 0.0700. The number of Topliss-reactive ketones (excluding diaryl/α,β-unsaturated/α-hetero) is 2. The monoisotopic (exact) mass is 439 g/mol. The number of carboxylic acid groups (broad SMARTS) is 1. The number of hydrogen-bond acceptors (Lipinski definition) is 5. The number of fused-ring (bicyclic) bond motifs is 1. The van der Waals surface area contributed by atoms with Crippen molar-refractivity contribution in [2.75, 3.05) is 5.32 Å². The molecule has 1 amide bonds. The van der Waals surface area contributed by atoms with Gasteiger partial charge in [0.2, 0.25) is 5.91 Å². The van der Waals surface area contributed by atoms with Gasteiger partial charge in [0, 0.05) is 22.7 Å². The molecule has 1 aromatic carbocycles. The molecule has 1 aliphatic carbocycles. The minimum Gasteiger partial charge on any atom is -0.877 e. The van der Waals surface area contributed by atoms with Crippen LogP contribution in [0.1, 0.15) is 79.0 Å². The van der Waals surface area contributed by atoms with E-state index in [9.17, 15) is 24.3 Å². The Morgan fingerprint density at radius 1 is 1.07 bits per heavy atom. The van der Waals surface area contributed by atoms with Crippen LogP contribution in [0.5, 0.6) is 0 Å². The van der Waals surface area contributed by atoms with E-state index in [-0.39, 0.29) is 75.2 Å². The van der Waals surface area contributed by atoms with Crippen LogP contribution in [0.4, 0.5) is 5.69 Å². The van der Waals surface area contributed by atoms with Gasteiger partial charge in [-0.25, -0.2) is 0 Å². The molecule has 2 N–H and O–H groups in total. The molecule has 2 rings (SSSR count). The number of carbonyl (C=O) groups excluding carboxylic acids is 3. The summed E-state index contributed by atoms with van der Waals surface area (Å²) < 4.78 is 0. The van der Waals surface area contributed by atoms with Gasteiger partial charge in [0.15, 0.2) is 11.6 Å². The predicted octanol–water partition coefficient (Wildman–Crippen LogP) is 0.0938. The maximum atomic E-state index is 12.6. The Balaban J connectivity index is 0.00000450. The first-order chi connectivity index (χ1) is 13.9. The van der Waals surface area contributed by atoms with Gasteiger partial charge in [0.05, 0.1) is 12.0 Å². The third-order valence-corrected chi connectivity index (χ3v) is 5.08. The van der Waals surface area contributed by atoms with E-state index in [0.29, 0.717) is 12.1 Å². The number of carboxylic acids is 1. The second-order valence-corrected chi connectivity index (χ2v) is 7.29. The van der Waals surface area contributed by atoms with Crippen molar-refractivity contribution in [2.45, 2.75) is 58.3 Å². The van der Waals surface area contributed by atoms with E-state index in [1.165, 1.54) is 24.6 Å². The molecule has 1 aliphatic rings. The number of carbonyl (C=O) groups is 4. The second kappa shape index (κ2) is 13.2. The van der Waals surface area contributed by atoms with E-state index < -0.39 is 34.9 Å². The van der Waals surface area contributed by atoms with Gasteiger partial charge in [-0.05, 0) is 24.6 Å². The zero-order chi connectivity index (χ0) is 21.4. The number of amides is 1. The number of hydrogen-bond donors (Lipinski definition) is 2. The summed E-state index contributed by atoms with van der Waals surface area (Å²) >= 11 is 0. The normalized spacial score (nSPS) is 14.9. The molecule has 0 saturated carbocycles. The van der Waals surface area contributed by atoms with Crippen LogP contribution in [0.3, 0.4) is 0 Å². The maximum absolute atomic E-state index is 12.6. The summed E-state index contributed by atoms with van der Waals surface area (Å²) in [6, 6.07) is 4.21. The van der Waals surface area contributed by atoms with Crippen molar-refractivity contribution in [2.24, 2.45) is 5.92 Å². The molecule has 156 valence electrons. The van der Waals surface area contributed by atoms with Crippen LogP contribution in [-0.2, 0) is 9.59 Å². The molecule has 0 aromatic heterocycles. The fourth-order valence-electron chi connectivity index (χ4n) is 3.46. The first-order valence-corrected chi connectivity index (χ1v) is 9.97. The molecule has 8 heteroatoms. The Kier molecular flexibility index (Phi) is 11.7. The van der Waals surface area contributed by atoms with Gasteiger partial charge in [-0.1, -0.05) is 45.4 Å². The number of nitrogens with one attached hydrogen (secondary N) is 1. The Morgan fingerprint density at radius 2 is 1.70 bits per heavy atom. The maximum Gasteiger partial charge on any atom is 1.00 e. The second-order valence-electron chi connectivity index (χ2n) is 7.29. The molecule has 0 aliphatic heterocycles. The van der Waals surface area contributed by atoms with Crippen molar-refractivity contribution >= 4 is 29.1 Å². The van der Waals surface area contributed by atoms with Crippen LogP contribution in [-0.4, -0.2) is 28.5 Å². The summed E-state index contributed by atoms with van der Waals surface area (Å²) in [6.07, 6.45) is 6.66. The third-order valence-electron chi connectivity index (χ3n) is 5.08. The van der Waals surface area contributed by atoms with Crippen molar-refractivity contribution in [3.05, 3.63) is 41.2 Å². The van der Waals surface area contributed by atoms with E-state index in [1.807, 2.05) is 0 Å². The molecule has 0 bridgehead atoms. The average molecular weight is 440 g/mol. The van der Waals surface area contributed by atoms with Crippen molar-refractivity contribution in [1.29, 1.82) is 0 Å². The standard InChI is InChI=1S/C22H27NO6.K/c1-2-3-4-5-6-7-8-14(11-19(25)26)22(29)23-15-9-10-16-17(12-15)21(28)18(13-24)20(16)27;/h9-10,12-14,24H,2-8,11H2,1H3,(H,23,29)(H,25,26);/q;+1/p-1/b18-13-;. The zero-order valence-corrected chi connectivity index (χ0v) is 20.7. The first kappa shape index (κ1) is 26.7. The van der Waals surface area contributed by atoms with Crippen molar-refractivity contribution in [1.82, 2.24) is 0 Å². The predicted molar refractivity (Wildman–Crippen MR) is 106 cm³/mol. The third kappa shape index (κ3) is 7.13. The van der Waals surface area contributed by atoms with Crippen molar-refractivity contribution in [3.63, 3.8) is 0 Å². The number of unbranched alkanes of at least 4 members (excludes halogenated alkanes) is 5. The molecular weight excluding hydrogens is 413 g/mol. The molecule has 0 spiro atoms. The average Bonchev–Trinajstić information content (AvgIpc) is 2.92. The van der Waals surface area contributed by atoms with Gasteiger partial charge in [-0.15, -0.1) is 6.26 Å². The van der Waals surface area contributed by atoms with Crippen LogP contribution < -0.4 is 61.8 Å². The molecule has 30 heavy (non-hydrogen) atoms. The van der Waals surface area contributed by atoms with E-state index in [4.69, 9.17) is 5.11 Å². The minimum absolute atomic E-state index is 0. The van der Waals surface area contributed by atoms with Gasteiger partial charge in [-0.3, -0.25) is 19.2 Å². The van der Waals surface area contributed by atoms with Gasteiger partial charge in [0.25, 0.3) is 0 Å². The van der Waals surface area contributed by atoms with E-state index >= 15 is 0 Å². The van der Waals surface area contributed by atoms with Crippen LogP contribution in [0, 0.1) is 5.92 Å². The summed E-state index contributed by atoms with van der Waals surface area (Å²) in [5.74, 6) is -3.44. The molecule has 1 unspecified atom stereocenters. The number of benzene rings is 1. The van der Waals surface area contributed by atoms with Crippen LogP contribution in [0.15, 0.2) is 30.0 Å². The minimum atomic E-state index is -1.05. The van der Waals surface area contributed by atoms with Gasteiger partial charge >= 0.3 is 57.4 Å². The summed E-state index contributed by atoms with van der Waals surface area (Å²) in [4.78, 5) is 47.8. The smallest absolute Gasteiger partial charge is 0.877 e. The SMILES string of the molecule is CCCCCCCCC(CC(=O)O)C(=O)Nc1ccc2c(c1)C(=O)/C(=C\[O-])C2=O.[K+]. The van der Waals surface area contributed by atoms with E-state index in [0.717, 1.165) is 32.1 Å². The molecule has 7 nitrogen and oxygen atoms in total. The van der Waals surface area contributed by atoms with Crippen LogP contribution in [0.25, 0.3) is 0 Å². The topological polar surface area (TPSA) is 124 Å². The number of allylic oxidation sites excluding steroid dienone is 1. The van der Waals surface area contributed by atoms with Crippen LogP contribution >= 0.6 is 0 Å². The van der Waals surface area contributed by atoms with Crippen LogP contribution in [0.2, 0.25) is 0 Å². The summed E-state index contributed by atoms with van der Waals surface area (Å²) in [7, 11) is 0. The summed E-state index contributed by atoms with van der Waals surface area (Å²) in [6.45, 7) is 2.13. The van der Waals surface area contributed by atoms with E-state index in [2.05, 4.69) is 12.2 Å². The number of anilines is 1. The zero-order valence-electron chi connectivity index (χ0n) is 17.5. The quantitative estimate of drug-likeness (QED) is 0.166. The fourth-order valence-corrected chi connectivity index (χ4v) is 3.46. The Hall–Kier alpha value is -1.32. The van der Waals surface area contributed by atoms with Crippen molar-refractivity contribution < 1.29 is 80.8 Å². The molecule has 1 atom stereocenters. The molecule has 0 saturated heterocycles. The Morgan fingerprint density at radius 3 is 2.33 bits per heavy atom. The fraction of sp³-hybridized carbons (Fsp3) is 0.455. The van der Waals surface area contributed by atoms with E-state index in [1.54, 1.807) is 0 Å². The van der Waals surface area contributed by atoms with Gasteiger partial charge in [0.1, 0.15) is 0 Å². The number of aliphatic carboxylic acids is 1. The molecule has 0 heterocycles. The Labute approximate surface area is 218 Å². The number of rotatable bonds is 11. The largest absolute Gasteiger partial charge is 1.00 e. The molecule has 0 fully saturated rings. The van der Waals surface area contributed by atoms with Gasteiger partial charge < -0.3 is 15.5 Å². The first-order valence-electron chi connectivity index (χ1n) is 9.97. The summed E-state index contributed by atoms with van der Waals surface area (Å²) in [5, 5.41) is 22.7. The Bertz CT molecular complexity index is 833. The van der Waals surface area contributed by atoms with Crippen molar-refractivity contribution in [3.8, 4) is 0 Å². The van der Waals surface area contributed by atoms with Gasteiger partial charge in [-0.2, -0.15) is 0 Å². The molecule has 0 radical (unpaired) electrons. The molecular formula is C22H26KNO6.